The summed E-state index contributed by atoms with van der Waals surface area (Å²) in [5.74, 6) is -0.696. The Balaban J connectivity index is 2.03. The molecular weight excluding hydrogens is 293 g/mol. The van der Waals surface area contributed by atoms with Crippen molar-refractivity contribution in [2.24, 2.45) is 5.73 Å². The summed E-state index contributed by atoms with van der Waals surface area (Å²) >= 11 is 0. The quantitative estimate of drug-likeness (QED) is 0.887. The zero-order valence-corrected chi connectivity index (χ0v) is 12.1. The first-order chi connectivity index (χ1) is 10.0. The van der Waals surface area contributed by atoms with Crippen LogP contribution in [0.5, 0.6) is 5.75 Å². The molecule has 0 radical (unpaired) electrons. The van der Waals surface area contributed by atoms with E-state index < -0.39 is 15.7 Å². The van der Waals surface area contributed by atoms with Crippen molar-refractivity contribution < 1.29 is 17.5 Å². The van der Waals surface area contributed by atoms with E-state index in [2.05, 4.69) is 0 Å². The Hall–Kier alpha value is -1.92. The third-order valence-corrected chi connectivity index (χ3v) is 4.62. The zero-order chi connectivity index (χ0) is 15.3. The van der Waals surface area contributed by atoms with Crippen molar-refractivity contribution in [1.82, 2.24) is 0 Å². The topological polar surface area (TPSA) is 69.4 Å². The predicted molar refractivity (Wildman–Crippen MR) is 78.3 cm³/mol. The first-order valence-corrected chi connectivity index (χ1v) is 8.07. The van der Waals surface area contributed by atoms with Crippen LogP contribution in [0.3, 0.4) is 0 Å². The fourth-order valence-electron chi connectivity index (χ4n) is 1.81. The number of hydrogen-bond acceptors (Lipinski definition) is 4. The Morgan fingerprint density at radius 1 is 1.10 bits per heavy atom. The Morgan fingerprint density at radius 3 is 2.57 bits per heavy atom. The van der Waals surface area contributed by atoms with Crippen LogP contribution in [0.1, 0.15) is 5.56 Å². The van der Waals surface area contributed by atoms with Crippen molar-refractivity contribution in [2.75, 3.05) is 12.4 Å². The summed E-state index contributed by atoms with van der Waals surface area (Å²) < 4.78 is 42.8. The van der Waals surface area contributed by atoms with E-state index in [1.54, 1.807) is 24.3 Å². The van der Waals surface area contributed by atoms with E-state index in [0.717, 1.165) is 5.56 Å². The molecule has 0 aliphatic carbocycles. The van der Waals surface area contributed by atoms with Gasteiger partial charge in [-0.1, -0.05) is 24.3 Å². The molecule has 0 saturated heterocycles. The van der Waals surface area contributed by atoms with Gasteiger partial charge in [-0.3, -0.25) is 0 Å². The van der Waals surface area contributed by atoms with E-state index in [1.807, 2.05) is 0 Å². The molecule has 0 aromatic heterocycles. The minimum absolute atomic E-state index is 0.0448. The van der Waals surface area contributed by atoms with Gasteiger partial charge in [-0.25, -0.2) is 12.8 Å². The van der Waals surface area contributed by atoms with Gasteiger partial charge in [0.05, 0.1) is 10.6 Å². The highest BCUT2D eigenvalue weighted by molar-refractivity contribution is 7.91. The highest BCUT2D eigenvalue weighted by Gasteiger charge is 2.15. The van der Waals surface area contributed by atoms with Gasteiger partial charge in [-0.15, -0.1) is 0 Å². The number of halogens is 1. The molecule has 0 fully saturated rings. The molecule has 2 N–H and O–H groups in total. The Bertz CT molecular complexity index is 716. The van der Waals surface area contributed by atoms with Crippen molar-refractivity contribution >= 4 is 9.84 Å². The second-order valence-electron chi connectivity index (χ2n) is 4.45. The molecule has 0 unspecified atom stereocenters. The first kappa shape index (κ1) is 15.5. The third kappa shape index (κ3) is 4.03. The number of ether oxygens (including phenoxy) is 1. The Labute approximate surface area is 123 Å². The Kier molecular flexibility index (Phi) is 4.93. The fraction of sp³-hybridized carbons (Fsp3) is 0.200. The summed E-state index contributed by atoms with van der Waals surface area (Å²) in [5.41, 5.74) is 6.24. The van der Waals surface area contributed by atoms with Gasteiger partial charge in [0, 0.05) is 6.54 Å². The molecule has 2 rings (SSSR count). The molecule has 2 aromatic carbocycles. The second-order valence-corrected chi connectivity index (χ2v) is 6.56. The van der Waals surface area contributed by atoms with Gasteiger partial charge in [0.2, 0.25) is 0 Å². The molecule has 0 aliphatic heterocycles. The van der Waals surface area contributed by atoms with Gasteiger partial charge in [0.25, 0.3) is 0 Å². The van der Waals surface area contributed by atoms with Gasteiger partial charge in [0.1, 0.15) is 6.61 Å². The SMILES string of the molecule is NCc1cccc(S(=O)(=O)CCOc2ccccc2F)c1. The monoisotopic (exact) mass is 309 g/mol. The molecule has 0 heterocycles. The smallest absolute Gasteiger partial charge is 0.181 e. The van der Waals surface area contributed by atoms with E-state index in [1.165, 1.54) is 24.3 Å². The van der Waals surface area contributed by atoms with Crippen LogP contribution in [-0.4, -0.2) is 20.8 Å². The van der Waals surface area contributed by atoms with Crippen LogP contribution in [0.4, 0.5) is 4.39 Å². The van der Waals surface area contributed by atoms with E-state index in [0.29, 0.717) is 0 Å². The lowest BCUT2D eigenvalue weighted by Gasteiger charge is -2.08. The highest BCUT2D eigenvalue weighted by Crippen LogP contribution is 2.17. The van der Waals surface area contributed by atoms with Gasteiger partial charge in [-0.2, -0.15) is 0 Å². The maximum absolute atomic E-state index is 13.3. The number of rotatable bonds is 6. The number of para-hydroxylation sites is 1. The number of sulfone groups is 1. The van der Waals surface area contributed by atoms with Crippen molar-refractivity contribution in [3.8, 4) is 5.75 Å². The van der Waals surface area contributed by atoms with Gasteiger partial charge >= 0.3 is 0 Å². The van der Waals surface area contributed by atoms with Crippen molar-refractivity contribution in [3.63, 3.8) is 0 Å². The summed E-state index contributed by atoms with van der Waals surface area (Å²) in [6.07, 6.45) is 0. The molecular formula is C15H16FNO3S. The molecule has 0 spiro atoms. The van der Waals surface area contributed by atoms with E-state index in [-0.39, 0.29) is 29.5 Å². The normalized spacial score (nSPS) is 11.3. The lowest BCUT2D eigenvalue weighted by Crippen LogP contribution is -2.15. The summed E-state index contributed by atoms with van der Waals surface area (Å²) in [6.45, 7) is 0.158. The average molecular weight is 309 g/mol. The van der Waals surface area contributed by atoms with Crippen LogP contribution in [0, 0.1) is 5.82 Å². The second kappa shape index (κ2) is 6.69. The molecule has 0 bridgehead atoms. The summed E-state index contributed by atoms with van der Waals surface area (Å²) in [5, 5.41) is 0. The molecule has 21 heavy (non-hydrogen) atoms. The lowest BCUT2D eigenvalue weighted by molar-refractivity contribution is 0.322. The molecule has 112 valence electrons. The number of benzene rings is 2. The zero-order valence-electron chi connectivity index (χ0n) is 11.3. The van der Waals surface area contributed by atoms with E-state index in [9.17, 15) is 12.8 Å². The largest absolute Gasteiger partial charge is 0.489 e. The number of hydrogen-bond donors (Lipinski definition) is 1. The minimum atomic E-state index is -3.48. The summed E-state index contributed by atoms with van der Waals surface area (Å²) in [6, 6.07) is 12.3. The van der Waals surface area contributed by atoms with Crippen LogP contribution in [-0.2, 0) is 16.4 Å². The van der Waals surface area contributed by atoms with E-state index >= 15 is 0 Å². The van der Waals surface area contributed by atoms with Crippen LogP contribution in [0.15, 0.2) is 53.4 Å². The van der Waals surface area contributed by atoms with Crippen LogP contribution in [0.2, 0.25) is 0 Å². The van der Waals surface area contributed by atoms with Crippen molar-refractivity contribution in [1.29, 1.82) is 0 Å². The van der Waals surface area contributed by atoms with Gasteiger partial charge < -0.3 is 10.5 Å². The maximum atomic E-state index is 13.3. The third-order valence-electron chi connectivity index (χ3n) is 2.94. The van der Waals surface area contributed by atoms with Crippen molar-refractivity contribution in [2.45, 2.75) is 11.4 Å². The summed E-state index contributed by atoms with van der Waals surface area (Å²) in [7, 11) is -3.48. The van der Waals surface area contributed by atoms with Crippen LogP contribution in [0.25, 0.3) is 0 Å². The summed E-state index contributed by atoms with van der Waals surface area (Å²) in [4.78, 5) is 0.197. The Morgan fingerprint density at radius 2 is 1.86 bits per heavy atom. The number of nitrogens with two attached hydrogens (primary N) is 1. The van der Waals surface area contributed by atoms with Crippen LogP contribution < -0.4 is 10.5 Å². The van der Waals surface area contributed by atoms with Crippen molar-refractivity contribution in [3.05, 3.63) is 59.9 Å². The molecule has 6 heteroatoms. The lowest BCUT2D eigenvalue weighted by atomic mass is 10.2. The van der Waals surface area contributed by atoms with Gasteiger partial charge in [0.15, 0.2) is 21.4 Å². The minimum Gasteiger partial charge on any atom is -0.489 e. The molecule has 0 atom stereocenters. The predicted octanol–water partition coefficient (Wildman–Crippen LogP) is 2.14. The standard InChI is InChI=1S/C15H16FNO3S/c16-14-6-1-2-7-15(14)20-8-9-21(18,19)13-5-3-4-12(10-13)11-17/h1-7,10H,8-9,11,17H2. The maximum Gasteiger partial charge on any atom is 0.181 e. The molecule has 4 nitrogen and oxygen atoms in total. The molecule has 0 aliphatic rings. The highest BCUT2D eigenvalue weighted by atomic mass is 32.2. The van der Waals surface area contributed by atoms with Crippen LogP contribution >= 0.6 is 0 Å². The molecule has 2 aromatic rings. The van der Waals surface area contributed by atoms with E-state index in [4.69, 9.17) is 10.5 Å². The molecule has 0 saturated carbocycles. The average Bonchev–Trinajstić information content (AvgIpc) is 2.49. The first-order valence-electron chi connectivity index (χ1n) is 6.42. The molecule has 0 amide bonds. The fourth-order valence-corrected chi connectivity index (χ4v) is 2.96. The van der Waals surface area contributed by atoms with Gasteiger partial charge in [-0.05, 0) is 29.8 Å².